The summed E-state index contributed by atoms with van der Waals surface area (Å²) in [6.07, 6.45) is -0.610. The molecule has 0 saturated heterocycles. The van der Waals surface area contributed by atoms with E-state index in [1.165, 1.54) is 0 Å². The maximum atomic E-state index is 13.0. The number of nitrogens with one attached hydrogen (secondary N) is 1. The highest BCUT2D eigenvalue weighted by Gasteiger charge is 2.33. The molecule has 0 bridgehead atoms. The minimum absolute atomic E-state index is 0.142. The lowest BCUT2D eigenvalue weighted by atomic mass is 10.1. The second kappa shape index (κ2) is 9.75. The van der Waals surface area contributed by atoms with Gasteiger partial charge in [0, 0.05) is 12.0 Å². The Morgan fingerprint density at radius 2 is 1.62 bits per heavy atom. The molecule has 182 valence electrons. The Morgan fingerprint density at radius 1 is 0.971 bits per heavy atom. The largest absolute Gasteiger partial charge is 0.488 e. The minimum atomic E-state index is -1.07. The third-order valence-corrected chi connectivity index (χ3v) is 4.75. The first-order chi connectivity index (χ1) is 15.8. The van der Waals surface area contributed by atoms with E-state index < -0.39 is 29.6 Å². The van der Waals surface area contributed by atoms with Gasteiger partial charge in [0.1, 0.15) is 23.0 Å². The van der Waals surface area contributed by atoms with Crippen LogP contribution in [-0.4, -0.2) is 40.3 Å². The Hall–Kier alpha value is -3.55. The molecule has 1 aliphatic rings. The predicted molar refractivity (Wildman–Crippen MR) is 126 cm³/mol. The number of carbonyl (C=O) groups excluding carboxylic acids is 3. The van der Waals surface area contributed by atoms with Crippen molar-refractivity contribution in [3.63, 3.8) is 0 Å². The van der Waals surface area contributed by atoms with Crippen LogP contribution in [0.1, 0.15) is 63.0 Å². The van der Waals surface area contributed by atoms with Crippen LogP contribution >= 0.6 is 0 Å². The summed E-state index contributed by atoms with van der Waals surface area (Å²) in [6.45, 7) is 11.2. The molecule has 1 heterocycles. The molecule has 8 heteroatoms. The zero-order chi connectivity index (χ0) is 25.1. The zero-order valence-electron chi connectivity index (χ0n) is 20.5. The number of carbonyl (C=O) groups is 3. The Morgan fingerprint density at radius 3 is 2.21 bits per heavy atom. The van der Waals surface area contributed by atoms with Gasteiger partial charge in [0.15, 0.2) is 0 Å². The third kappa shape index (κ3) is 6.97. The highest BCUT2D eigenvalue weighted by Crippen LogP contribution is 2.23. The topological polar surface area (TPSA) is 94.2 Å². The number of nitrogens with zero attached hydrogens (tertiary/aromatic N) is 1. The zero-order valence-corrected chi connectivity index (χ0v) is 20.5. The second-order valence-electron chi connectivity index (χ2n) is 10.2. The lowest BCUT2D eigenvalue weighted by Crippen LogP contribution is -2.47. The highest BCUT2D eigenvalue weighted by molar-refractivity contribution is 5.98. The van der Waals surface area contributed by atoms with E-state index in [0.717, 1.165) is 16.2 Å². The monoisotopic (exact) mass is 468 g/mol. The lowest BCUT2D eigenvalue weighted by Gasteiger charge is -2.24. The molecule has 0 saturated carbocycles. The summed E-state index contributed by atoms with van der Waals surface area (Å²) >= 11 is 0. The van der Waals surface area contributed by atoms with Crippen molar-refractivity contribution in [3.8, 4) is 5.75 Å². The number of ether oxygens (including phenoxy) is 2. The van der Waals surface area contributed by atoms with Crippen molar-refractivity contribution in [3.05, 3.63) is 65.2 Å². The third-order valence-electron chi connectivity index (χ3n) is 4.75. The molecular weight excluding hydrogens is 436 g/mol. The average Bonchev–Trinajstić information content (AvgIpc) is 3.02. The summed E-state index contributed by atoms with van der Waals surface area (Å²) in [7, 11) is 0. The van der Waals surface area contributed by atoms with Gasteiger partial charge < -0.3 is 19.6 Å². The van der Waals surface area contributed by atoms with Crippen molar-refractivity contribution in [2.45, 2.75) is 71.8 Å². The fraction of sp³-hybridized carbons (Fsp3) is 0.423. The van der Waals surface area contributed by atoms with Gasteiger partial charge in [-0.15, -0.1) is 0 Å². The molecule has 1 atom stereocenters. The number of rotatable bonds is 6. The van der Waals surface area contributed by atoms with E-state index in [1.807, 2.05) is 39.0 Å². The first-order valence-electron chi connectivity index (χ1n) is 11.2. The molecule has 2 amide bonds. The Bertz CT molecular complexity index is 1050. The lowest BCUT2D eigenvalue weighted by molar-refractivity contribution is -0.181. The van der Waals surface area contributed by atoms with Crippen molar-refractivity contribution in [1.29, 1.82) is 0 Å². The first-order valence-corrected chi connectivity index (χ1v) is 11.2. The minimum Gasteiger partial charge on any atom is -0.488 e. The molecular formula is C26H32N2O6. The molecule has 0 spiro atoms. The van der Waals surface area contributed by atoms with Gasteiger partial charge in [0.25, 0.3) is 5.91 Å². The molecule has 34 heavy (non-hydrogen) atoms. The number of alkyl carbamates (subject to hydrolysis) is 1. The molecule has 0 aromatic heterocycles. The maximum Gasteiger partial charge on any atom is 0.408 e. The second-order valence-corrected chi connectivity index (χ2v) is 10.2. The van der Waals surface area contributed by atoms with Crippen molar-refractivity contribution >= 4 is 18.0 Å². The Balaban J connectivity index is 1.73. The van der Waals surface area contributed by atoms with Crippen LogP contribution in [0.4, 0.5) is 4.79 Å². The number of benzene rings is 2. The van der Waals surface area contributed by atoms with Gasteiger partial charge in [-0.25, -0.2) is 9.59 Å². The summed E-state index contributed by atoms with van der Waals surface area (Å²) < 4.78 is 11.1. The molecule has 0 fully saturated rings. The van der Waals surface area contributed by atoms with Gasteiger partial charge in [-0.2, -0.15) is 5.06 Å². The predicted octanol–water partition coefficient (Wildman–Crippen LogP) is 4.41. The number of amides is 2. The van der Waals surface area contributed by atoms with Gasteiger partial charge in [0.05, 0.1) is 6.54 Å². The summed E-state index contributed by atoms with van der Waals surface area (Å²) in [6, 6.07) is 13.2. The SMILES string of the molecule is CC(C)(C)OC(=O)NC(Cc1ccc(OC(C)(C)C)cc1)C(=O)ON1Cc2ccccc2C1=O. The van der Waals surface area contributed by atoms with Crippen LogP contribution in [0.2, 0.25) is 0 Å². The molecule has 3 rings (SSSR count). The number of hydrogen-bond donors (Lipinski definition) is 1. The maximum absolute atomic E-state index is 13.0. The van der Waals surface area contributed by atoms with E-state index in [4.69, 9.17) is 14.3 Å². The molecule has 1 unspecified atom stereocenters. The Labute approximate surface area is 200 Å². The van der Waals surface area contributed by atoms with Gasteiger partial charge in [-0.05, 0) is 70.9 Å². The van der Waals surface area contributed by atoms with E-state index in [1.54, 1.807) is 51.1 Å². The Kier molecular flexibility index (Phi) is 7.19. The quantitative estimate of drug-likeness (QED) is 0.675. The number of hydroxylamine groups is 2. The smallest absolute Gasteiger partial charge is 0.408 e. The molecule has 8 nitrogen and oxygen atoms in total. The highest BCUT2D eigenvalue weighted by atomic mass is 16.7. The van der Waals surface area contributed by atoms with Gasteiger partial charge >= 0.3 is 12.1 Å². The van der Waals surface area contributed by atoms with E-state index in [-0.39, 0.29) is 18.6 Å². The summed E-state index contributed by atoms with van der Waals surface area (Å²) in [4.78, 5) is 43.5. The molecule has 0 aliphatic carbocycles. The molecule has 0 radical (unpaired) electrons. The fourth-order valence-electron chi connectivity index (χ4n) is 3.40. The summed E-state index contributed by atoms with van der Waals surface area (Å²) in [5.41, 5.74) is 0.950. The molecule has 2 aromatic carbocycles. The van der Waals surface area contributed by atoms with Gasteiger partial charge in [0.2, 0.25) is 0 Å². The molecule has 1 aliphatic heterocycles. The first kappa shape index (κ1) is 25.1. The van der Waals surface area contributed by atoms with Crippen LogP contribution in [-0.2, 0) is 27.3 Å². The normalized spacial score (nSPS) is 14.3. The van der Waals surface area contributed by atoms with Crippen molar-refractivity contribution in [2.24, 2.45) is 0 Å². The summed E-state index contributed by atoms with van der Waals surface area (Å²) in [5, 5.41) is 3.59. The fourth-order valence-corrected chi connectivity index (χ4v) is 3.40. The van der Waals surface area contributed by atoms with Gasteiger partial charge in [-0.3, -0.25) is 4.79 Å². The van der Waals surface area contributed by atoms with E-state index in [9.17, 15) is 14.4 Å². The molecule has 1 N–H and O–H groups in total. The number of hydrogen-bond acceptors (Lipinski definition) is 6. The van der Waals surface area contributed by atoms with Crippen LogP contribution in [0.3, 0.4) is 0 Å². The van der Waals surface area contributed by atoms with Crippen LogP contribution in [0.5, 0.6) is 5.75 Å². The van der Waals surface area contributed by atoms with E-state index >= 15 is 0 Å². The standard InChI is InChI=1S/C26H32N2O6/c1-25(2,3)32-19-13-11-17(12-14-19)15-21(27-24(31)33-26(4,5)6)23(30)34-28-16-18-9-7-8-10-20(18)22(28)29/h7-14,21H,15-16H2,1-6H3,(H,27,31). The van der Waals surface area contributed by atoms with Crippen LogP contribution in [0.15, 0.2) is 48.5 Å². The number of fused-ring (bicyclic) bond motifs is 1. The van der Waals surface area contributed by atoms with E-state index in [0.29, 0.717) is 11.3 Å². The van der Waals surface area contributed by atoms with E-state index in [2.05, 4.69) is 5.32 Å². The van der Waals surface area contributed by atoms with Crippen LogP contribution in [0, 0.1) is 0 Å². The average molecular weight is 469 g/mol. The van der Waals surface area contributed by atoms with Gasteiger partial charge in [-0.1, -0.05) is 30.3 Å². The van der Waals surface area contributed by atoms with Crippen LogP contribution < -0.4 is 10.1 Å². The molecule has 2 aromatic rings. The van der Waals surface area contributed by atoms with Crippen molar-refractivity contribution < 1.29 is 28.7 Å². The van der Waals surface area contributed by atoms with Crippen molar-refractivity contribution in [1.82, 2.24) is 10.4 Å². The summed E-state index contributed by atoms with van der Waals surface area (Å²) in [5.74, 6) is -0.471. The van der Waals surface area contributed by atoms with Crippen molar-refractivity contribution in [2.75, 3.05) is 0 Å². The van der Waals surface area contributed by atoms with Crippen LogP contribution in [0.25, 0.3) is 0 Å².